The molecule has 2 aliphatic carbocycles. The number of rotatable bonds is 1. The Morgan fingerprint density at radius 1 is 0.938 bits per heavy atom. The van der Waals surface area contributed by atoms with E-state index in [-0.39, 0.29) is 0 Å². The van der Waals surface area contributed by atoms with Gasteiger partial charge in [0.05, 0.1) is 0 Å². The van der Waals surface area contributed by atoms with Crippen molar-refractivity contribution in [1.82, 2.24) is 4.90 Å². The Hall–Kier alpha value is -0.530. The lowest BCUT2D eigenvalue weighted by Gasteiger charge is -2.35. The van der Waals surface area contributed by atoms with Crippen molar-refractivity contribution < 1.29 is 4.79 Å². The summed E-state index contributed by atoms with van der Waals surface area (Å²) in [4.78, 5) is 14.5. The molecule has 2 nitrogen and oxygen atoms in total. The van der Waals surface area contributed by atoms with E-state index in [1.165, 1.54) is 44.9 Å². The van der Waals surface area contributed by atoms with E-state index in [4.69, 9.17) is 0 Å². The highest BCUT2D eigenvalue weighted by Crippen LogP contribution is 2.53. The summed E-state index contributed by atoms with van der Waals surface area (Å²) in [5.41, 5.74) is 0.698. The van der Waals surface area contributed by atoms with Gasteiger partial charge < -0.3 is 4.90 Å². The third kappa shape index (κ3) is 1.99. The molecule has 1 saturated heterocycles. The molecule has 90 valence electrons. The van der Waals surface area contributed by atoms with E-state index in [0.29, 0.717) is 17.2 Å². The first-order valence-corrected chi connectivity index (χ1v) is 7.08. The number of carbonyl (C=O) groups is 1. The zero-order valence-corrected chi connectivity index (χ0v) is 10.2. The van der Waals surface area contributed by atoms with Crippen LogP contribution in [0.4, 0.5) is 0 Å². The molecular weight excluding hydrogens is 198 g/mol. The van der Waals surface area contributed by atoms with Crippen LogP contribution in [-0.2, 0) is 4.79 Å². The molecule has 1 aliphatic heterocycles. The molecule has 0 aromatic rings. The van der Waals surface area contributed by atoms with Crippen LogP contribution >= 0.6 is 0 Å². The Labute approximate surface area is 98.4 Å². The van der Waals surface area contributed by atoms with Crippen molar-refractivity contribution in [2.75, 3.05) is 13.1 Å². The number of amides is 1. The average Bonchev–Trinajstić information content (AvgIpc) is 3.10. The summed E-state index contributed by atoms with van der Waals surface area (Å²) >= 11 is 0. The van der Waals surface area contributed by atoms with Crippen LogP contribution < -0.4 is 0 Å². The Morgan fingerprint density at radius 3 is 2.12 bits per heavy atom. The average molecular weight is 221 g/mol. The fourth-order valence-electron chi connectivity index (χ4n) is 3.49. The third-order valence-electron chi connectivity index (χ3n) is 5.05. The number of carbonyl (C=O) groups excluding carboxylic acids is 1. The van der Waals surface area contributed by atoms with Crippen LogP contribution in [0.5, 0.6) is 0 Å². The van der Waals surface area contributed by atoms with Gasteiger partial charge in [-0.2, -0.15) is 0 Å². The molecule has 3 rings (SSSR count). The molecule has 0 atom stereocenters. The van der Waals surface area contributed by atoms with Gasteiger partial charge >= 0.3 is 0 Å². The first kappa shape index (κ1) is 10.6. The van der Waals surface area contributed by atoms with Gasteiger partial charge in [0, 0.05) is 19.0 Å². The molecule has 1 spiro atoms. The summed E-state index contributed by atoms with van der Waals surface area (Å²) in [7, 11) is 0. The largest absolute Gasteiger partial charge is 0.342 e. The van der Waals surface area contributed by atoms with Gasteiger partial charge in [-0.3, -0.25) is 4.79 Å². The number of likely N-dealkylation sites (tertiary alicyclic amines) is 1. The molecule has 0 aromatic carbocycles. The van der Waals surface area contributed by atoms with Crippen molar-refractivity contribution in [2.45, 2.75) is 57.8 Å². The van der Waals surface area contributed by atoms with E-state index < -0.39 is 0 Å². The summed E-state index contributed by atoms with van der Waals surface area (Å²) in [5.74, 6) is 0.859. The molecule has 0 bridgehead atoms. The summed E-state index contributed by atoms with van der Waals surface area (Å²) < 4.78 is 0. The van der Waals surface area contributed by atoms with Gasteiger partial charge in [0.1, 0.15) is 0 Å². The van der Waals surface area contributed by atoms with Crippen molar-refractivity contribution in [3.8, 4) is 0 Å². The predicted molar refractivity (Wildman–Crippen MR) is 64.1 cm³/mol. The van der Waals surface area contributed by atoms with Gasteiger partial charge in [-0.25, -0.2) is 0 Å². The topological polar surface area (TPSA) is 20.3 Å². The SMILES string of the molecule is O=C(C1CCCCC1)N1CCC2(CC1)CC2. The fourth-order valence-corrected chi connectivity index (χ4v) is 3.49. The number of piperidine rings is 1. The van der Waals surface area contributed by atoms with Crippen LogP contribution in [0.1, 0.15) is 57.8 Å². The van der Waals surface area contributed by atoms with Gasteiger partial charge in [0.2, 0.25) is 5.91 Å². The van der Waals surface area contributed by atoms with Crippen molar-refractivity contribution in [1.29, 1.82) is 0 Å². The molecule has 2 saturated carbocycles. The minimum absolute atomic E-state index is 0.377. The molecule has 2 heteroatoms. The molecule has 0 aromatic heterocycles. The molecule has 16 heavy (non-hydrogen) atoms. The van der Waals surface area contributed by atoms with Crippen LogP contribution in [0.15, 0.2) is 0 Å². The highest BCUT2D eigenvalue weighted by molar-refractivity contribution is 5.79. The predicted octanol–water partition coefficient (Wildman–Crippen LogP) is 2.97. The van der Waals surface area contributed by atoms with Gasteiger partial charge in [-0.05, 0) is 43.9 Å². The quantitative estimate of drug-likeness (QED) is 0.666. The van der Waals surface area contributed by atoms with E-state index in [9.17, 15) is 4.79 Å². The van der Waals surface area contributed by atoms with Crippen LogP contribution in [0, 0.1) is 11.3 Å². The molecule has 3 aliphatic rings. The first-order valence-electron chi connectivity index (χ1n) is 7.08. The number of nitrogens with zero attached hydrogens (tertiary/aromatic N) is 1. The Bertz CT molecular complexity index is 266. The van der Waals surface area contributed by atoms with Crippen LogP contribution in [-0.4, -0.2) is 23.9 Å². The molecule has 1 amide bonds. The van der Waals surface area contributed by atoms with Gasteiger partial charge in [0.25, 0.3) is 0 Å². The van der Waals surface area contributed by atoms with Crippen molar-refractivity contribution in [3.63, 3.8) is 0 Å². The summed E-state index contributed by atoms with van der Waals surface area (Å²) in [6.07, 6.45) is 11.6. The maximum absolute atomic E-state index is 12.3. The number of hydrogen-bond acceptors (Lipinski definition) is 1. The first-order chi connectivity index (χ1) is 7.79. The van der Waals surface area contributed by atoms with E-state index in [2.05, 4.69) is 4.90 Å². The maximum atomic E-state index is 12.3. The van der Waals surface area contributed by atoms with Crippen LogP contribution in [0.3, 0.4) is 0 Å². The molecule has 0 N–H and O–H groups in total. The standard InChI is InChI=1S/C14H23NO/c16-13(12-4-2-1-3-5-12)15-10-8-14(6-7-14)9-11-15/h12H,1-11H2. The lowest BCUT2D eigenvalue weighted by atomic mass is 9.86. The third-order valence-corrected chi connectivity index (χ3v) is 5.05. The lowest BCUT2D eigenvalue weighted by molar-refractivity contribution is -0.138. The summed E-state index contributed by atoms with van der Waals surface area (Å²) in [6, 6.07) is 0. The molecule has 3 fully saturated rings. The zero-order chi connectivity index (χ0) is 11.0. The van der Waals surface area contributed by atoms with Crippen LogP contribution in [0.25, 0.3) is 0 Å². The minimum atomic E-state index is 0.377. The van der Waals surface area contributed by atoms with Gasteiger partial charge in [0.15, 0.2) is 0 Å². The highest BCUT2D eigenvalue weighted by Gasteiger charge is 2.45. The Balaban J connectivity index is 1.54. The summed E-state index contributed by atoms with van der Waals surface area (Å²) in [5, 5.41) is 0. The minimum Gasteiger partial charge on any atom is -0.342 e. The maximum Gasteiger partial charge on any atom is 0.225 e. The smallest absolute Gasteiger partial charge is 0.225 e. The zero-order valence-electron chi connectivity index (χ0n) is 10.2. The number of hydrogen-bond donors (Lipinski definition) is 0. The fraction of sp³-hybridized carbons (Fsp3) is 0.929. The van der Waals surface area contributed by atoms with Crippen LogP contribution in [0.2, 0.25) is 0 Å². The second-order valence-electron chi connectivity index (χ2n) is 6.16. The molecule has 0 unspecified atom stereocenters. The molecular formula is C14H23NO. The van der Waals surface area contributed by atoms with E-state index in [0.717, 1.165) is 25.9 Å². The second kappa shape index (κ2) is 4.05. The summed E-state index contributed by atoms with van der Waals surface area (Å²) in [6.45, 7) is 2.10. The monoisotopic (exact) mass is 221 g/mol. The van der Waals surface area contributed by atoms with Gasteiger partial charge in [-0.1, -0.05) is 19.3 Å². The van der Waals surface area contributed by atoms with E-state index in [1.807, 2.05) is 0 Å². The van der Waals surface area contributed by atoms with E-state index >= 15 is 0 Å². The van der Waals surface area contributed by atoms with E-state index in [1.54, 1.807) is 0 Å². The van der Waals surface area contributed by atoms with Gasteiger partial charge in [-0.15, -0.1) is 0 Å². The molecule has 1 heterocycles. The van der Waals surface area contributed by atoms with Crippen molar-refractivity contribution in [3.05, 3.63) is 0 Å². The Morgan fingerprint density at radius 2 is 1.56 bits per heavy atom. The highest BCUT2D eigenvalue weighted by atomic mass is 16.2. The normalized spacial score (nSPS) is 29.4. The van der Waals surface area contributed by atoms with Crippen molar-refractivity contribution in [2.24, 2.45) is 11.3 Å². The lowest BCUT2D eigenvalue weighted by Crippen LogP contribution is -2.42. The second-order valence-corrected chi connectivity index (χ2v) is 6.16. The Kier molecular flexibility index (Phi) is 2.68. The molecule has 0 radical (unpaired) electrons. The van der Waals surface area contributed by atoms with Crippen molar-refractivity contribution >= 4 is 5.91 Å².